The molecule has 4 rings (SSSR count). The van der Waals surface area contributed by atoms with E-state index >= 15 is 0 Å². The fourth-order valence-corrected chi connectivity index (χ4v) is 5.97. The lowest BCUT2D eigenvalue weighted by atomic mass is 9.90. The fraction of sp³-hybridized carbons (Fsp3) is 0.174. The molecule has 0 N–H and O–H groups in total. The first-order valence-corrected chi connectivity index (χ1v) is 12.9. The molecule has 1 aliphatic rings. The van der Waals surface area contributed by atoms with Gasteiger partial charge in [0.05, 0.1) is 16.7 Å². The van der Waals surface area contributed by atoms with Crippen LogP contribution in [0.15, 0.2) is 42.5 Å². The molecule has 3 aromatic carbocycles. The molecule has 0 fully saturated rings. The van der Waals surface area contributed by atoms with Crippen molar-refractivity contribution in [2.24, 2.45) is 0 Å². The Morgan fingerprint density at radius 3 is 2.32 bits per heavy atom. The molecule has 0 spiro atoms. The van der Waals surface area contributed by atoms with Crippen LogP contribution in [0, 0.1) is 10.7 Å². The van der Waals surface area contributed by atoms with E-state index in [4.69, 9.17) is 4.84 Å². The van der Waals surface area contributed by atoms with Gasteiger partial charge in [0, 0.05) is 16.1 Å². The quantitative estimate of drug-likeness (QED) is 0.173. The average Bonchev–Trinajstić information content (AvgIpc) is 2.76. The fourth-order valence-electron chi connectivity index (χ4n) is 3.65. The molecular formula is C23H16I3NO4. The Hall–Kier alpha value is -1.28. The summed E-state index contributed by atoms with van der Waals surface area (Å²) >= 11 is 6.24. The summed E-state index contributed by atoms with van der Waals surface area (Å²) in [4.78, 5) is 44.7. The van der Waals surface area contributed by atoms with Gasteiger partial charge in [0.1, 0.15) is 0 Å². The minimum atomic E-state index is -0.732. The van der Waals surface area contributed by atoms with Crippen molar-refractivity contribution in [2.75, 3.05) is 0 Å². The van der Waals surface area contributed by atoms with Crippen LogP contribution in [-0.2, 0) is 11.3 Å². The van der Waals surface area contributed by atoms with Crippen molar-refractivity contribution in [3.63, 3.8) is 0 Å². The van der Waals surface area contributed by atoms with Crippen molar-refractivity contribution in [2.45, 2.75) is 26.2 Å². The van der Waals surface area contributed by atoms with Gasteiger partial charge in [0.15, 0.2) is 0 Å². The zero-order valence-corrected chi connectivity index (χ0v) is 22.8. The number of hydrogen-bond donors (Lipinski definition) is 0. The van der Waals surface area contributed by atoms with Crippen molar-refractivity contribution in [1.82, 2.24) is 5.06 Å². The predicted molar refractivity (Wildman–Crippen MR) is 143 cm³/mol. The van der Waals surface area contributed by atoms with Gasteiger partial charge in [-0.25, -0.2) is 4.79 Å². The topological polar surface area (TPSA) is 63.7 Å². The van der Waals surface area contributed by atoms with Crippen LogP contribution in [-0.4, -0.2) is 22.8 Å². The van der Waals surface area contributed by atoms with Crippen molar-refractivity contribution in [3.05, 3.63) is 75.4 Å². The Bertz CT molecular complexity index is 1230. The number of unbranched alkanes of at least 4 members (excludes halogenated alkanes) is 1. The normalized spacial score (nSPS) is 13.1. The first-order chi connectivity index (χ1) is 14.8. The summed E-state index contributed by atoms with van der Waals surface area (Å²) in [5, 5.41) is 2.13. The second-order valence-electron chi connectivity index (χ2n) is 7.11. The number of carbonyl (C=O) groups is 3. The first-order valence-electron chi connectivity index (χ1n) is 9.64. The molecule has 0 saturated carbocycles. The van der Waals surface area contributed by atoms with E-state index in [1.165, 1.54) is 0 Å². The van der Waals surface area contributed by atoms with Gasteiger partial charge in [-0.05, 0) is 116 Å². The van der Waals surface area contributed by atoms with Crippen LogP contribution in [0.25, 0.3) is 10.8 Å². The average molecular weight is 751 g/mol. The zero-order chi connectivity index (χ0) is 22.3. The number of halogens is 3. The first kappa shape index (κ1) is 22.9. The van der Waals surface area contributed by atoms with Crippen LogP contribution in [0.3, 0.4) is 0 Å². The van der Waals surface area contributed by atoms with Gasteiger partial charge in [-0.3, -0.25) is 9.59 Å². The van der Waals surface area contributed by atoms with E-state index in [1.54, 1.807) is 24.3 Å². The number of carbonyl (C=O) groups excluding carboxylic acids is 3. The molecule has 1 aliphatic heterocycles. The number of aryl methyl sites for hydroxylation is 1. The Morgan fingerprint density at radius 1 is 0.935 bits per heavy atom. The maximum absolute atomic E-state index is 13.2. The van der Waals surface area contributed by atoms with Crippen molar-refractivity contribution < 1.29 is 19.2 Å². The van der Waals surface area contributed by atoms with E-state index in [0.29, 0.717) is 30.7 Å². The molecule has 8 heteroatoms. The Balaban J connectivity index is 1.75. The number of imide groups is 1. The van der Waals surface area contributed by atoms with E-state index in [1.807, 2.05) is 40.8 Å². The Labute approximate surface area is 220 Å². The van der Waals surface area contributed by atoms with Crippen LogP contribution >= 0.6 is 67.8 Å². The number of amides is 2. The molecule has 0 saturated heterocycles. The largest absolute Gasteiger partial charge is 0.366 e. The van der Waals surface area contributed by atoms with Crippen LogP contribution in [0.5, 0.6) is 0 Å². The van der Waals surface area contributed by atoms with E-state index in [-0.39, 0.29) is 0 Å². The van der Waals surface area contributed by atoms with Gasteiger partial charge in [-0.1, -0.05) is 36.6 Å². The van der Waals surface area contributed by atoms with E-state index in [9.17, 15) is 14.4 Å². The maximum Gasteiger partial charge on any atom is 0.366 e. The summed E-state index contributed by atoms with van der Waals surface area (Å²) in [5.74, 6) is -1.98. The van der Waals surface area contributed by atoms with Crippen molar-refractivity contribution in [1.29, 1.82) is 0 Å². The third-order valence-electron chi connectivity index (χ3n) is 5.18. The maximum atomic E-state index is 13.2. The van der Waals surface area contributed by atoms with Crippen LogP contribution < -0.4 is 0 Å². The molecule has 5 nitrogen and oxygen atoms in total. The number of rotatable bonds is 5. The molecule has 1 heterocycles. The second-order valence-corrected chi connectivity index (χ2v) is 10.5. The highest BCUT2D eigenvalue weighted by molar-refractivity contribution is 14.1. The minimum Gasteiger partial charge on any atom is -0.324 e. The molecule has 3 aromatic rings. The summed E-state index contributed by atoms with van der Waals surface area (Å²) in [6.07, 6.45) is 2.96. The molecule has 0 radical (unpaired) electrons. The number of nitrogens with zero attached hydrogens (tertiary/aromatic N) is 1. The van der Waals surface area contributed by atoms with E-state index < -0.39 is 17.8 Å². The van der Waals surface area contributed by atoms with Gasteiger partial charge in [0.2, 0.25) is 0 Å². The van der Waals surface area contributed by atoms with Gasteiger partial charge in [-0.15, -0.1) is 0 Å². The third-order valence-corrected chi connectivity index (χ3v) is 9.13. The molecule has 0 bridgehead atoms. The lowest BCUT2D eigenvalue weighted by Gasteiger charge is -2.26. The molecule has 31 heavy (non-hydrogen) atoms. The molecule has 158 valence electrons. The highest BCUT2D eigenvalue weighted by Crippen LogP contribution is 2.34. The van der Waals surface area contributed by atoms with Gasteiger partial charge >= 0.3 is 5.97 Å². The summed E-state index contributed by atoms with van der Waals surface area (Å²) in [6.45, 7) is 2.13. The van der Waals surface area contributed by atoms with Gasteiger partial charge in [0.25, 0.3) is 11.8 Å². The smallest absolute Gasteiger partial charge is 0.324 e. The summed E-state index contributed by atoms with van der Waals surface area (Å²) in [7, 11) is 0. The lowest BCUT2D eigenvalue weighted by Crippen LogP contribution is -2.42. The molecular weight excluding hydrogens is 735 g/mol. The lowest BCUT2D eigenvalue weighted by molar-refractivity contribution is -0.0622. The van der Waals surface area contributed by atoms with Gasteiger partial charge in [-0.2, -0.15) is 0 Å². The zero-order valence-electron chi connectivity index (χ0n) is 16.4. The monoisotopic (exact) mass is 751 g/mol. The minimum absolute atomic E-state index is 0.340. The Morgan fingerprint density at radius 2 is 1.61 bits per heavy atom. The third kappa shape index (κ3) is 4.10. The predicted octanol–water partition coefficient (Wildman–Crippen LogP) is 6.36. The second kappa shape index (κ2) is 9.30. The Kier molecular flexibility index (Phi) is 6.87. The SMILES string of the molecule is CCCCc1ccc2c3c(cccc13)C(=O)N(OC(=O)c1c(I)ccc(I)c1I)C2=O. The molecule has 0 unspecified atom stereocenters. The van der Waals surface area contributed by atoms with E-state index in [0.717, 1.165) is 37.4 Å². The van der Waals surface area contributed by atoms with Gasteiger partial charge < -0.3 is 4.84 Å². The molecule has 0 atom stereocenters. The molecule has 0 aromatic heterocycles. The number of hydrogen-bond acceptors (Lipinski definition) is 4. The molecule has 2 amide bonds. The van der Waals surface area contributed by atoms with Crippen molar-refractivity contribution in [3.8, 4) is 0 Å². The summed E-state index contributed by atoms with van der Waals surface area (Å²) < 4.78 is 2.29. The van der Waals surface area contributed by atoms with Crippen LogP contribution in [0.4, 0.5) is 0 Å². The summed E-state index contributed by atoms with van der Waals surface area (Å²) in [5.41, 5.74) is 2.18. The number of hydroxylamine groups is 2. The standard InChI is InChI=1S/C23H16I3NO4/c1-2-3-5-12-8-9-15-18-13(12)6-4-7-14(18)21(28)27(22(15)29)31-23(30)19-16(24)10-11-17(25)20(19)26/h4,6-11H,2-3,5H2,1H3. The highest BCUT2D eigenvalue weighted by atomic mass is 127. The summed E-state index contributed by atoms with van der Waals surface area (Å²) in [6, 6.07) is 12.8. The highest BCUT2D eigenvalue weighted by Gasteiger charge is 2.37. The molecule has 0 aliphatic carbocycles. The van der Waals surface area contributed by atoms with Crippen LogP contribution in [0.1, 0.15) is 56.4 Å². The van der Waals surface area contributed by atoms with E-state index in [2.05, 4.69) is 52.1 Å². The number of benzene rings is 3. The van der Waals surface area contributed by atoms with Crippen LogP contribution in [0.2, 0.25) is 0 Å². The van der Waals surface area contributed by atoms with Crippen molar-refractivity contribution >= 4 is 96.3 Å².